The van der Waals surface area contributed by atoms with Crippen molar-refractivity contribution in [2.75, 3.05) is 25.0 Å². The van der Waals surface area contributed by atoms with E-state index in [0.717, 1.165) is 74.1 Å². The number of aryl methyl sites for hydroxylation is 2. The molecular formula is C36H49N3O2. The number of amides is 2. The Morgan fingerprint density at radius 1 is 0.805 bits per heavy atom. The summed E-state index contributed by atoms with van der Waals surface area (Å²) in [7, 11) is 0. The van der Waals surface area contributed by atoms with E-state index in [1.165, 1.54) is 11.1 Å². The normalized spacial score (nSPS) is 15.1. The molecule has 0 spiro atoms. The lowest BCUT2D eigenvalue weighted by atomic mass is 9.78. The number of anilines is 1. The van der Waals surface area contributed by atoms with Crippen molar-refractivity contribution < 1.29 is 9.90 Å². The first-order valence-corrected chi connectivity index (χ1v) is 15.2. The fourth-order valence-electron chi connectivity index (χ4n) is 5.70. The van der Waals surface area contributed by atoms with Gasteiger partial charge < -0.3 is 20.6 Å². The second-order valence-electron chi connectivity index (χ2n) is 13.6. The van der Waals surface area contributed by atoms with E-state index in [1.54, 1.807) is 0 Å². The van der Waals surface area contributed by atoms with Crippen molar-refractivity contribution in [2.24, 2.45) is 0 Å². The van der Waals surface area contributed by atoms with Gasteiger partial charge in [0, 0.05) is 31.4 Å². The largest absolute Gasteiger partial charge is 0.507 e. The number of urea groups is 1. The molecule has 41 heavy (non-hydrogen) atoms. The number of phenolic OH excluding ortho intramolecular Hbond substituents is 1. The van der Waals surface area contributed by atoms with E-state index >= 15 is 0 Å². The Kier molecular flexibility index (Phi) is 9.80. The van der Waals surface area contributed by atoms with Crippen LogP contribution in [-0.4, -0.2) is 41.7 Å². The molecule has 0 bridgehead atoms. The zero-order chi connectivity index (χ0) is 29.6. The van der Waals surface area contributed by atoms with Gasteiger partial charge in [-0.05, 0) is 76.8 Å². The highest BCUT2D eigenvalue weighted by Gasteiger charge is 2.26. The quantitative estimate of drug-likeness (QED) is 0.268. The molecule has 3 N–H and O–H groups in total. The topological polar surface area (TPSA) is 64.6 Å². The van der Waals surface area contributed by atoms with Crippen LogP contribution in [0.15, 0.2) is 66.7 Å². The summed E-state index contributed by atoms with van der Waals surface area (Å²) >= 11 is 0. The highest BCUT2D eigenvalue weighted by atomic mass is 16.3. The van der Waals surface area contributed by atoms with E-state index < -0.39 is 0 Å². The molecule has 1 fully saturated rings. The van der Waals surface area contributed by atoms with Crippen LogP contribution in [0.2, 0.25) is 0 Å². The molecule has 1 saturated heterocycles. The molecule has 0 radical (unpaired) electrons. The predicted octanol–water partition coefficient (Wildman–Crippen LogP) is 7.60. The van der Waals surface area contributed by atoms with Crippen LogP contribution in [0, 0.1) is 0 Å². The molecule has 3 aromatic rings. The summed E-state index contributed by atoms with van der Waals surface area (Å²) in [6, 6.07) is 23.1. The van der Waals surface area contributed by atoms with E-state index in [2.05, 4.69) is 106 Å². The Morgan fingerprint density at radius 3 is 2.00 bits per heavy atom. The number of nitrogens with one attached hydrogen (secondary N) is 2. The molecule has 0 saturated carbocycles. The number of likely N-dealkylation sites (tertiary alicyclic amines) is 1. The summed E-state index contributed by atoms with van der Waals surface area (Å²) in [6.07, 6.45) is 4.63. The van der Waals surface area contributed by atoms with Crippen LogP contribution in [0.5, 0.6) is 5.75 Å². The molecule has 2 amide bonds. The minimum Gasteiger partial charge on any atom is -0.507 e. The molecule has 5 nitrogen and oxygen atoms in total. The lowest BCUT2D eigenvalue weighted by Gasteiger charge is -2.32. The fraction of sp³-hybridized carbons (Fsp3) is 0.472. The Balaban J connectivity index is 1.33. The van der Waals surface area contributed by atoms with Crippen molar-refractivity contribution in [1.82, 2.24) is 10.2 Å². The number of hydrogen-bond acceptors (Lipinski definition) is 3. The maximum atomic E-state index is 13.0. The van der Waals surface area contributed by atoms with Crippen molar-refractivity contribution in [1.29, 1.82) is 0 Å². The Bertz CT molecular complexity index is 1260. The highest BCUT2D eigenvalue weighted by Crippen LogP contribution is 2.40. The first-order valence-electron chi connectivity index (χ1n) is 15.2. The maximum absolute atomic E-state index is 13.0. The third-order valence-electron chi connectivity index (χ3n) is 8.22. The van der Waals surface area contributed by atoms with Crippen LogP contribution in [0.1, 0.15) is 82.2 Å². The number of nitrogens with zero attached hydrogens (tertiary/aromatic N) is 1. The first kappa shape index (κ1) is 30.6. The van der Waals surface area contributed by atoms with Gasteiger partial charge in [0.2, 0.25) is 0 Å². The van der Waals surface area contributed by atoms with E-state index in [4.69, 9.17) is 0 Å². The average molecular weight is 556 g/mol. The van der Waals surface area contributed by atoms with Gasteiger partial charge in [-0.3, -0.25) is 0 Å². The smallest absolute Gasteiger partial charge is 0.319 e. The second-order valence-corrected chi connectivity index (χ2v) is 13.6. The highest BCUT2D eigenvalue weighted by molar-refractivity contribution is 5.90. The summed E-state index contributed by atoms with van der Waals surface area (Å²) in [5, 5.41) is 17.4. The summed E-state index contributed by atoms with van der Waals surface area (Å²) in [6.45, 7) is 15.9. The van der Waals surface area contributed by atoms with Crippen LogP contribution >= 0.6 is 0 Å². The molecule has 0 aliphatic carbocycles. The molecule has 0 aromatic heterocycles. The van der Waals surface area contributed by atoms with Crippen molar-refractivity contribution in [3.8, 4) is 5.75 Å². The number of carbonyl (C=O) groups is 1. The summed E-state index contributed by atoms with van der Waals surface area (Å²) in [5.74, 6) is 0.412. The van der Waals surface area contributed by atoms with Gasteiger partial charge in [0.05, 0.1) is 0 Å². The number of hydrogen-bond donors (Lipinski definition) is 3. The molecule has 1 aliphatic rings. The van der Waals surface area contributed by atoms with Crippen LogP contribution in [-0.2, 0) is 30.1 Å². The second kappa shape index (κ2) is 13.1. The van der Waals surface area contributed by atoms with Gasteiger partial charge in [0.15, 0.2) is 0 Å². The Morgan fingerprint density at radius 2 is 1.39 bits per heavy atom. The molecule has 4 rings (SSSR count). The maximum Gasteiger partial charge on any atom is 0.319 e. The number of piperidine rings is 1. The fourth-order valence-corrected chi connectivity index (χ4v) is 5.70. The van der Waals surface area contributed by atoms with Gasteiger partial charge >= 0.3 is 6.03 Å². The van der Waals surface area contributed by atoms with Crippen molar-refractivity contribution >= 4 is 11.7 Å². The summed E-state index contributed by atoms with van der Waals surface area (Å²) < 4.78 is 0. The molecular weight excluding hydrogens is 506 g/mol. The number of phenols is 1. The van der Waals surface area contributed by atoms with E-state index in [-0.39, 0.29) is 22.9 Å². The van der Waals surface area contributed by atoms with E-state index in [9.17, 15) is 9.90 Å². The van der Waals surface area contributed by atoms with Crippen molar-refractivity contribution in [2.45, 2.75) is 90.5 Å². The van der Waals surface area contributed by atoms with Crippen LogP contribution in [0.4, 0.5) is 10.5 Å². The number of carbonyl (C=O) groups excluding carboxylic acids is 1. The first-order chi connectivity index (χ1) is 19.4. The summed E-state index contributed by atoms with van der Waals surface area (Å²) in [5.41, 5.74) is 6.20. The molecule has 3 aromatic carbocycles. The van der Waals surface area contributed by atoms with Crippen LogP contribution in [0.3, 0.4) is 0 Å². The average Bonchev–Trinajstić information content (AvgIpc) is 2.92. The van der Waals surface area contributed by atoms with Crippen molar-refractivity contribution in [3.63, 3.8) is 0 Å². The molecule has 0 atom stereocenters. The molecule has 1 heterocycles. The SMILES string of the molecule is CC(C)(C)c1cc(CCc2ccccc2NC(=O)NC2CCN(CCc3ccccc3)CC2)cc(C(C)(C)C)c1O. The van der Waals surface area contributed by atoms with E-state index in [1.807, 2.05) is 18.2 Å². The van der Waals surface area contributed by atoms with Gasteiger partial charge in [-0.15, -0.1) is 0 Å². The lowest BCUT2D eigenvalue weighted by molar-refractivity contribution is 0.197. The molecule has 5 heteroatoms. The van der Waals surface area contributed by atoms with Crippen molar-refractivity contribution in [3.05, 3.63) is 94.5 Å². The minimum absolute atomic E-state index is 0.130. The zero-order valence-corrected chi connectivity index (χ0v) is 25.9. The Labute approximate surface area is 247 Å². The Hall–Kier alpha value is -3.31. The third-order valence-corrected chi connectivity index (χ3v) is 8.22. The van der Waals surface area contributed by atoms with Gasteiger partial charge in [-0.1, -0.05) is 102 Å². The number of aromatic hydroxyl groups is 1. The van der Waals surface area contributed by atoms with Crippen LogP contribution in [0.25, 0.3) is 0 Å². The van der Waals surface area contributed by atoms with Gasteiger partial charge in [-0.25, -0.2) is 4.79 Å². The minimum atomic E-state index is -0.157. The van der Waals surface area contributed by atoms with Crippen LogP contribution < -0.4 is 10.6 Å². The monoisotopic (exact) mass is 555 g/mol. The third kappa shape index (κ3) is 8.59. The molecule has 1 aliphatic heterocycles. The number of para-hydroxylation sites is 1. The zero-order valence-electron chi connectivity index (χ0n) is 25.9. The predicted molar refractivity (Wildman–Crippen MR) is 171 cm³/mol. The number of rotatable bonds is 8. The molecule has 0 unspecified atom stereocenters. The van der Waals surface area contributed by atoms with Gasteiger partial charge in [0.25, 0.3) is 0 Å². The summed E-state index contributed by atoms with van der Waals surface area (Å²) in [4.78, 5) is 15.5. The molecule has 220 valence electrons. The van der Waals surface area contributed by atoms with Gasteiger partial charge in [0.1, 0.15) is 5.75 Å². The lowest BCUT2D eigenvalue weighted by Crippen LogP contribution is -2.46. The number of benzene rings is 3. The van der Waals surface area contributed by atoms with Gasteiger partial charge in [-0.2, -0.15) is 0 Å². The standard InChI is InChI=1S/C36H49N3O2/c1-35(2,3)30-24-27(25-31(33(30)40)36(4,5)6)16-17-28-14-10-11-15-32(28)38-34(41)37-29-19-22-39(23-20-29)21-18-26-12-8-7-9-13-26/h7-15,24-25,29,40H,16-23H2,1-6H3,(H2,37,38,41). The van der Waals surface area contributed by atoms with E-state index in [0.29, 0.717) is 5.75 Å².